The first kappa shape index (κ1) is 25.2. The number of carbonyl (C=O) groups excluding carboxylic acids is 3. The van der Waals surface area contributed by atoms with Crippen molar-refractivity contribution >= 4 is 29.4 Å². The Bertz CT molecular complexity index is 1020. The van der Waals surface area contributed by atoms with Crippen LogP contribution in [0.3, 0.4) is 0 Å². The van der Waals surface area contributed by atoms with E-state index < -0.39 is 11.5 Å². The lowest BCUT2D eigenvalue weighted by Gasteiger charge is -2.41. The smallest absolute Gasteiger partial charge is 0.411 e. The Morgan fingerprint density at radius 3 is 2.44 bits per heavy atom. The second-order valence-electron chi connectivity index (χ2n) is 8.62. The highest BCUT2D eigenvalue weighted by Crippen LogP contribution is 2.35. The van der Waals surface area contributed by atoms with Crippen molar-refractivity contribution in [3.63, 3.8) is 0 Å². The number of aromatic nitrogens is 1. The number of pyridine rings is 1. The molecule has 3 rings (SSSR count). The van der Waals surface area contributed by atoms with E-state index in [1.807, 2.05) is 43.3 Å². The standard InChI is InChI=1S/C25H33N5O4/c1-4-19-7-9-20(10-8-19)28-24(33)34-17-25(11-14-30(15-12-25)21(31)16-26)23(32)29(3)22-18(2)6-5-13-27-22/h5-10,13H,4,11-12,14-17,26H2,1-3H3,(H,28,33). The molecule has 1 aromatic carbocycles. The van der Waals surface area contributed by atoms with E-state index in [-0.39, 0.29) is 25.0 Å². The maximum atomic E-state index is 13.7. The summed E-state index contributed by atoms with van der Waals surface area (Å²) in [6, 6.07) is 11.2. The van der Waals surface area contributed by atoms with Crippen LogP contribution in [0, 0.1) is 12.3 Å². The Morgan fingerprint density at radius 2 is 1.85 bits per heavy atom. The molecule has 0 unspecified atom stereocenters. The molecule has 0 atom stereocenters. The van der Waals surface area contributed by atoms with Gasteiger partial charge in [-0.3, -0.25) is 19.8 Å². The van der Waals surface area contributed by atoms with E-state index in [0.717, 1.165) is 17.5 Å². The van der Waals surface area contributed by atoms with Crippen molar-refractivity contribution in [2.75, 3.05) is 43.5 Å². The topological polar surface area (TPSA) is 118 Å². The highest BCUT2D eigenvalue weighted by Gasteiger charge is 2.45. The minimum absolute atomic E-state index is 0.0797. The zero-order valence-corrected chi connectivity index (χ0v) is 20.0. The van der Waals surface area contributed by atoms with E-state index in [9.17, 15) is 14.4 Å². The number of anilines is 2. The number of aryl methyl sites for hydroxylation is 2. The molecule has 1 saturated heterocycles. The second-order valence-corrected chi connectivity index (χ2v) is 8.62. The van der Waals surface area contributed by atoms with Crippen LogP contribution in [0.15, 0.2) is 42.6 Å². The van der Waals surface area contributed by atoms with E-state index in [0.29, 0.717) is 37.4 Å². The van der Waals surface area contributed by atoms with Gasteiger partial charge in [-0.15, -0.1) is 0 Å². The molecule has 1 fully saturated rings. The van der Waals surface area contributed by atoms with Crippen LogP contribution >= 0.6 is 0 Å². The van der Waals surface area contributed by atoms with Crippen molar-refractivity contribution in [1.29, 1.82) is 0 Å². The van der Waals surface area contributed by atoms with Gasteiger partial charge < -0.3 is 15.4 Å². The fraction of sp³-hybridized carbons (Fsp3) is 0.440. The molecule has 1 aliphatic rings. The maximum Gasteiger partial charge on any atom is 0.411 e. The van der Waals surface area contributed by atoms with Crippen molar-refractivity contribution in [2.24, 2.45) is 11.1 Å². The van der Waals surface area contributed by atoms with Gasteiger partial charge in [0.05, 0.1) is 12.0 Å². The van der Waals surface area contributed by atoms with Gasteiger partial charge in [0, 0.05) is 32.0 Å². The van der Waals surface area contributed by atoms with E-state index in [4.69, 9.17) is 10.5 Å². The summed E-state index contributed by atoms with van der Waals surface area (Å²) in [5, 5.41) is 2.72. The number of likely N-dealkylation sites (tertiary alicyclic amines) is 1. The molecule has 0 saturated carbocycles. The van der Waals surface area contributed by atoms with Crippen molar-refractivity contribution in [2.45, 2.75) is 33.1 Å². The molecule has 1 aliphatic heterocycles. The zero-order valence-electron chi connectivity index (χ0n) is 20.0. The summed E-state index contributed by atoms with van der Waals surface area (Å²) in [5.74, 6) is 0.186. The van der Waals surface area contributed by atoms with Crippen molar-refractivity contribution in [3.05, 3.63) is 53.7 Å². The van der Waals surface area contributed by atoms with Crippen LogP contribution in [0.4, 0.5) is 16.3 Å². The summed E-state index contributed by atoms with van der Waals surface area (Å²) >= 11 is 0. The monoisotopic (exact) mass is 467 g/mol. The fourth-order valence-corrected chi connectivity index (χ4v) is 4.20. The highest BCUT2D eigenvalue weighted by atomic mass is 16.5. The lowest BCUT2D eigenvalue weighted by atomic mass is 9.77. The van der Waals surface area contributed by atoms with Gasteiger partial charge in [-0.2, -0.15) is 0 Å². The number of amides is 3. The lowest BCUT2D eigenvalue weighted by Crippen LogP contribution is -2.54. The van der Waals surface area contributed by atoms with E-state index >= 15 is 0 Å². The number of rotatable bonds is 7. The van der Waals surface area contributed by atoms with Crippen LogP contribution in [0.5, 0.6) is 0 Å². The molecule has 2 heterocycles. The molecule has 0 radical (unpaired) electrons. The molecule has 1 aromatic heterocycles. The molecule has 182 valence electrons. The third-order valence-corrected chi connectivity index (χ3v) is 6.39. The third-order valence-electron chi connectivity index (χ3n) is 6.39. The molecule has 2 aromatic rings. The molecule has 3 N–H and O–H groups in total. The van der Waals surface area contributed by atoms with E-state index in [2.05, 4.69) is 17.2 Å². The van der Waals surface area contributed by atoms with Gasteiger partial charge in [0.1, 0.15) is 12.4 Å². The SMILES string of the molecule is CCc1ccc(NC(=O)OCC2(C(=O)N(C)c3ncccc3C)CCN(C(=O)CN)CC2)cc1. The number of nitrogens with one attached hydrogen (secondary N) is 1. The number of hydrogen-bond donors (Lipinski definition) is 2. The predicted molar refractivity (Wildman–Crippen MR) is 130 cm³/mol. The average molecular weight is 468 g/mol. The van der Waals surface area contributed by atoms with Crippen LogP contribution < -0.4 is 16.0 Å². The molecule has 9 nitrogen and oxygen atoms in total. The van der Waals surface area contributed by atoms with Gasteiger partial charge in [-0.25, -0.2) is 9.78 Å². The van der Waals surface area contributed by atoms with Gasteiger partial charge in [0.15, 0.2) is 0 Å². The summed E-state index contributed by atoms with van der Waals surface area (Å²) in [6.07, 6.45) is 2.61. The molecule has 0 spiro atoms. The number of benzene rings is 1. The van der Waals surface area contributed by atoms with Crippen LogP contribution in [0.25, 0.3) is 0 Å². The summed E-state index contributed by atoms with van der Waals surface area (Å²) in [7, 11) is 1.67. The van der Waals surface area contributed by atoms with Crippen molar-refractivity contribution in [1.82, 2.24) is 9.88 Å². The minimum atomic E-state index is -0.979. The molecule has 0 aliphatic carbocycles. The van der Waals surface area contributed by atoms with E-state index in [1.54, 1.807) is 18.1 Å². The Kier molecular flexibility index (Phi) is 8.22. The number of nitrogens with two attached hydrogens (primary N) is 1. The van der Waals surface area contributed by atoms with Gasteiger partial charge in [0.25, 0.3) is 0 Å². The second kappa shape index (κ2) is 11.1. The Morgan fingerprint density at radius 1 is 1.18 bits per heavy atom. The number of carbonyl (C=O) groups is 3. The van der Waals surface area contributed by atoms with Crippen LogP contribution in [0.1, 0.15) is 30.9 Å². The van der Waals surface area contributed by atoms with Gasteiger partial charge in [-0.1, -0.05) is 25.1 Å². The first-order valence-corrected chi connectivity index (χ1v) is 11.5. The largest absolute Gasteiger partial charge is 0.448 e. The Labute approximate surface area is 200 Å². The van der Waals surface area contributed by atoms with Crippen molar-refractivity contribution in [3.8, 4) is 0 Å². The average Bonchev–Trinajstić information content (AvgIpc) is 2.87. The number of hydrogen-bond acceptors (Lipinski definition) is 6. The number of piperidine rings is 1. The molecular weight excluding hydrogens is 434 g/mol. The quantitative estimate of drug-likeness (QED) is 0.647. The van der Waals surface area contributed by atoms with E-state index in [1.165, 1.54) is 4.90 Å². The number of ether oxygens (including phenoxy) is 1. The molecule has 34 heavy (non-hydrogen) atoms. The maximum absolute atomic E-state index is 13.7. The third kappa shape index (κ3) is 5.72. The molecule has 3 amide bonds. The summed E-state index contributed by atoms with van der Waals surface area (Å²) < 4.78 is 5.56. The fourth-order valence-electron chi connectivity index (χ4n) is 4.20. The summed E-state index contributed by atoms with van der Waals surface area (Å²) in [6.45, 7) is 4.48. The summed E-state index contributed by atoms with van der Waals surface area (Å²) in [4.78, 5) is 45.8. The van der Waals surface area contributed by atoms with Crippen LogP contribution in [0.2, 0.25) is 0 Å². The first-order valence-electron chi connectivity index (χ1n) is 11.5. The first-order chi connectivity index (χ1) is 16.3. The van der Waals surface area contributed by atoms with Gasteiger partial charge in [0.2, 0.25) is 11.8 Å². The predicted octanol–water partition coefficient (Wildman–Crippen LogP) is 2.73. The summed E-state index contributed by atoms with van der Waals surface area (Å²) in [5.41, 5.74) is 7.17. The lowest BCUT2D eigenvalue weighted by molar-refractivity contribution is -0.140. The molecular formula is C25H33N5O4. The number of nitrogens with zero attached hydrogens (tertiary/aromatic N) is 3. The normalized spacial score (nSPS) is 14.9. The highest BCUT2D eigenvalue weighted by molar-refractivity contribution is 5.97. The molecule has 0 bridgehead atoms. The van der Waals surface area contributed by atoms with Crippen LogP contribution in [-0.2, 0) is 20.7 Å². The Balaban J connectivity index is 1.75. The molecule has 9 heteroatoms. The van der Waals surface area contributed by atoms with Crippen molar-refractivity contribution < 1.29 is 19.1 Å². The van der Waals surface area contributed by atoms with Crippen LogP contribution in [-0.4, -0.2) is 61.1 Å². The van der Waals surface area contributed by atoms with Gasteiger partial charge in [-0.05, 0) is 55.5 Å². The zero-order chi connectivity index (χ0) is 24.7. The minimum Gasteiger partial charge on any atom is -0.448 e. The van der Waals surface area contributed by atoms with Gasteiger partial charge >= 0.3 is 6.09 Å². The Hall–Kier alpha value is -3.46.